The first kappa shape index (κ1) is 13.5. The second kappa shape index (κ2) is 5.67. The predicted molar refractivity (Wildman–Crippen MR) is 65.5 cm³/mol. The lowest BCUT2D eigenvalue weighted by Crippen LogP contribution is -2.18. The molecular weight excluding hydrogens is 242 g/mol. The van der Waals surface area contributed by atoms with Gasteiger partial charge in [-0.2, -0.15) is 0 Å². The van der Waals surface area contributed by atoms with Crippen LogP contribution in [0.2, 0.25) is 0 Å². The van der Waals surface area contributed by atoms with Gasteiger partial charge in [0.05, 0.1) is 24.1 Å². The fraction of sp³-hybridized carbons (Fsp3) is 0.364. The van der Waals surface area contributed by atoms with Gasteiger partial charge in [-0.1, -0.05) is 19.1 Å². The molecule has 0 atom stereocenters. The quantitative estimate of drug-likeness (QED) is 0.814. The van der Waals surface area contributed by atoms with Gasteiger partial charge in [0.25, 0.3) is 0 Å². The van der Waals surface area contributed by atoms with Gasteiger partial charge < -0.3 is 4.74 Å². The number of para-hydroxylation sites is 1. The van der Waals surface area contributed by atoms with Crippen LogP contribution in [-0.2, 0) is 14.8 Å². The highest BCUT2D eigenvalue weighted by atomic mass is 32.2. The van der Waals surface area contributed by atoms with E-state index in [0.717, 1.165) is 0 Å². The Morgan fingerprint density at radius 2 is 2.00 bits per heavy atom. The van der Waals surface area contributed by atoms with Crippen LogP contribution in [0.5, 0.6) is 0 Å². The summed E-state index contributed by atoms with van der Waals surface area (Å²) in [4.78, 5) is 11.4. The Balaban J connectivity index is 3.03. The third-order valence-electron chi connectivity index (χ3n) is 2.07. The van der Waals surface area contributed by atoms with Crippen LogP contribution >= 0.6 is 0 Å². The van der Waals surface area contributed by atoms with Crippen molar-refractivity contribution in [1.29, 1.82) is 0 Å². The minimum absolute atomic E-state index is 0.0164. The summed E-state index contributed by atoms with van der Waals surface area (Å²) in [6, 6.07) is 6.33. The molecule has 5 nitrogen and oxygen atoms in total. The molecule has 0 heterocycles. The van der Waals surface area contributed by atoms with E-state index in [9.17, 15) is 13.2 Å². The van der Waals surface area contributed by atoms with Crippen molar-refractivity contribution in [3.8, 4) is 0 Å². The second-order valence-corrected chi connectivity index (χ2v) is 5.30. The van der Waals surface area contributed by atoms with Crippen molar-refractivity contribution in [2.45, 2.75) is 13.3 Å². The molecule has 0 spiro atoms. The summed E-state index contributed by atoms with van der Waals surface area (Å²) in [6.45, 7) is 1.77. The number of anilines is 1. The minimum atomic E-state index is -3.41. The molecule has 1 aromatic carbocycles. The van der Waals surface area contributed by atoms with Gasteiger partial charge in [-0.25, -0.2) is 13.2 Å². The van der Waals surface area contributed by atoms with Crippen molar-refractivity contribution < 1.29 is 17.9 Å². The first-order chi connectivity index (χ1) is 8.00. The number of benzene rings is 1. The van der Waals surface area contributed by atoms with Crippen LogP contribution in [0, 0.1) is 0 Å². The van der Waals surface area contributed by atoms with Crippen LogP contribution < -0.4 is 4.72 Å². The number of carbonyl (C=O) groups is 1. The maximum Gasteiger partial charge on any atom is 0.339 e. The van der Waals surface area contributed by atoms with Crippen molar-refractivity contribution >= 4 is 21.7 Å². The predicted octanol–water partition coefficient (Wildman–Crippen LogP) is 1.62. The zero-order valence-electron chi connectivity index (χ0n) is 9.76. The smallest absolute Gasteiger partial charge is 0.339 e. The average molecular weight is 257 g/mol. The highest BCUT2D eigenvalue weighted by Gasteiger charge is 2.15. The van der Waals surface area contributed by atoms with Gasteiger partial charge in [0.1, 0.15) is 0 Å². The van der Waals surface area contributed by atoms with Gasteiger partial charge in [-0.15, -0.1) is 0 Å². The van der Waals surface area contributed by atoms with E-state index in [4.69, 9.17) is 0 Å². The number of esters is 1. The zero-order valence-corrected chi connectivity index (χ0v) is 10.6. The van der Waals surface area contributed by atoms with Gasteiger partial charge in [-0.05, 0) is 18.6 Å². The number of hydrogen-bond acceptors (Lipinski definition) is 4. The molecule has 0 saturated carbocycles. The van der Waals surface area contributed by atoms with Crippen molar-refractivity contribution in [2.24, 2.45) is 0 Å². The molecule has 0 amide bonds. The summed E-state index contributed by atoms with van der Waals surface area (Å²) < 4.78 is 30.2. The monoisotopic (exact) mass is 257 g/mol. The van der Waals surface area contributed by atoms with Gasteiger partial charge in [-0.3, -0.25) is 4.72 Å². The molecule has 0 saturated heterocycles. The Hall–Kier alpha value is -1.56. The summed E-state index contributed by atoms with van der Waals surface area (Å²) >= 11 is 0. The maximum absolute atomic E-state index is 11.6. The van der Waals surface area contributed by atoms with Gasteiger partial charge in [0.2, 0.25) is 10.0 Å². The Morgan fingerprint density at radius 1 is 1.35 bits per heavy atom. The first-order valence-electron chi connectivity index (χ1n) is 5.18. The molecule has 0 bridgehead atoms. The molecule has 0 radical (unpaired) electrons. The maximum atomic E-state index is 11.6. The molecule has 6 heteroatoms. The van der Waals surface area contributed by atoms with Crippen molar-refractivity contribution in [2.75, 3.05) is 17.6 Å². The zero-order chi connectivity index (χ0) is 12.9. The molecule has 94 valence electrons. The normalized spacial score (nSPS) is 10.9. The second-order valence-electron chi connectivity index (χ2n) is 3.46. The fourth-order valence-corrected chi connectivity index (χ4v) is 2.50. The fourth-order valence-electron chi connectivity index (χ4n) is 1.35. The van der Waals surface area contributed by atoms with E-state index in [2.05, 4.69) is 9.46 Å². The van der Waals surface area contributed by atoms with E-state index < -0.39 is 16.0 Å². The molecule has 0 aliphatic carbocycles. The van der Waals surface area contributed by atoms with E-state index in [-0.39, 0.29) is 17.0 Å². The van der Waals surface area contributed by atoms with Crippen LogP contribution in [-0.4, -0.2) is 27.2 Å². The Morgan fingerprint density at radius 3 is 2.59 bits per heavy atom. The Kier molecular flexibility index (Phi) is 4.51. The molecular formula is C11H15NO4S. The highest BCUT2D eigenvalue weighted by molar-refractivity contribution is 7.92. The topological polar surface area (TPSA) is 72.5 Å². The van der Waals surface area contributed by atoms with Crippen molar-refractivity contribution in [3.63, 3.8) is 0 Å². The summed E-state index contributed by atoms with van der Waals surface area (Å²) in [7, 11) is -2.16. The molecule has 1 N–H and O–H groups in total. The summed E-state index contributed by atoms with van der Waals surface area (Å²) in [6.07, 6.45) is 0.510. The number of carbonyl (C=O) groups excluding carboxylic acids is 1. The van der Waals surface area contributed by atoms with Crippen molar-refractivity contribution in [3.05, 3.63) is 29.8 Å². The lowest BCUT2D eigenvalue weighted by Gasteiger charge is -2.10. The largest absolute Gasteiger partial charge is 0.465 e. The highest BCUT2D eigenvalue weighted by Crippen LogP contribution is 2.17. The van der Waals surface area contributed by atoms with Crippen LogP contribution in [0.25, 0.3) is 0 Å². The molecule has 0 aliphatic heterocycles. The van der Waals surface area contributed by atoms with E-state index in [1.807, 2.05) is 0 Å². The van der Waals surface area contributed by atoms with E-state index in [1.54, 1.807) is 19.1 Å². The summed E-state index contributed by atoms with van der Waals surface area (Å²) in [5.74, 6) is -0.553. The number of methoxy groups -OCH3 is 1. The minimum Gasteiger partial charge on any atom is -0.465 e. The van der Waals surface area contributed by atoms with Crippen LogP contribution in [0.3, 0.4) is 0 Å². The van der Waals surface area contributed by atoms with E-state index in [0.29, 0.717) is 6.42 Å². The number of hydrogen-bond donors (Lipinski definition) is 1. The van der Waals surface area contributed by atoms with Gasteiger partial charge in [0.15, 0.2) is 0 Å². The summed E-state index contributed by atoms with van der Waals surface area (Å²) in [5, 5.41) is 0. The molecule has 0 aliphatic rings. The molecule has 1 aromatic rings. The lowest BCUT2D eigenvalue weighted by atomic mass is 10.2. The number of ether oxygens (including phenoxy) is 1. The number of sulfonamides is 1. The third-order valence-corrected chi connectivity index (χ3v) is 3.55. The van der Waals surface area contributed by atoms with E-state index >= 15 is 0 Å². The van der Waals surface area contributed by atoms with E-state index in [1.165, 1.54) is 19.2 Å². The SMILES string of the molecule is CCCS(=O)(=O)Nc1ccccc1C(=O)OC. The lowest BCUT2D eigenvalue weighted by molar-refractivity contribution is 0.0602. The first-order valence-corrected chi connectivity index (χ1v) is 6.83. The standard InChI is InChI=1S/C11H15NO4S/c1-3-8-17(14,15)12-10-7-5-4-6-9(10)11(13)16-2/h4-7,12H,3,8H2,1-2H3. The van der Waals surface area contributed by atoms with Gasteiger partial charge >= 0.3 is 5.97 Å². The average Bonchev–Trinajstić information content (AvgIpc) is 2.28. The Labute approximate surface area is 101 Å². The number of rotatable bonds is 5. The van der Waals surface area contributed by atoms with Gasteiger partial charge in [0, 0.05) is 0 Å². The molecule has 0 fully saturated rings. The van der Waals surface area contributed by atoms with Crippen molar-refractivity contribution in [1.82, 2.24) is 0 Å². The Bertz CT molecular complexity index is 496. The number of nitrogens with one attached hydrogen (secondary N) is 1. The molecule has 0 aromatic heterocycles. The molecule has 0 unspecified atom stereocenters. The third kappa shape index (κ3) is 3.74. The molecule has 1 rings (SSSR count). The van der Waals surface area contributed by atoms with Crippen LogP contribution in [0.15, 0.2) is 24.3 Å². The molecule has 17 heavy (non-hydrogen) atoms. The van der Waals surface area contributed by atoms with Crippen LogP contribution in [0.4, 0.5) is 5.69 Å². The van der Waals surface area contributed by atoms with Crippen LogP contribution in [0.1, 0.15) is 23.7 Å². The summed E-state index contributed by atoms with van der Waals surface area (Å²) in [5.41, 5.74) is 0.447.